The fraction of sp³-hybridized carbons (Fsp3) is 0.641. The van der Waals surface area contributed by atoms with E-state index in [1.165, 1.54) is 0 Å². The number of ether oxygens (including phenoxy) is 2. The lowest BCUT2D eigenvalue weighted by Gasteiger charge is -2.18. The van der Waals surface area contributed by atoms with Crippen LogP contribution in [-0.4, -0.2) is 41.0 Å². The van der Waals surface area contributed by atoms with E-state index in [1.807, 2.05) is 0 Å². The molecule has 1 unspecified atom stereocenters. The monoisotopic (exact) mass is 692 g/mol. The molecule has 0 saturated heterocycles. The lowest BCUT2D eigenvalue weighted by atomic mass is 10.1. The van der Waals surface area contributed by atoms with Crippen LogP contribution in [0, 0.1) is 0 Å². The number of rotatable bonds is 32. The van der Waals surface area contributed by atoms with Crippen LogP contribution in [-0.2, 0) is 28.2 Å². The number of carbonyl (C=O) groups is 2. The first-order valence-electron chi connectivity index (χ1n) is 18.2. The van der Waals surface area contributed by atoms with E-state index in [1.54, 1.807) is 0 Å². The van der Waals surface area contributed by atoms with E-state index in [0.717, 1.165) is 103 Å². The number of hydrogen-bond donors (Lipinski definition) is 2. The molecular weight excluding hydrogens is 627 g/mol. The minimum atomic E-state index is -4.76. The van der Waals surface area contributed by atoms with Crippen molar-refractivity contribution in [3.63, 3.8) is 0 Å². The fourth-order valence-electron chi connectivity index (χ4n) is 4.58. The van der Waals surface area contributed by atoms with Gasteiger partial charge in [0.1, 0.15) is 6.61 Å². The molecule has 0 spiro atoms. The first kappa shape index (κ1) is 45.5. The van der Waals surface area contributed by atoms with Gasteiger partial charge in [0.15, 0.2) is 6.10 Å². The Morgan fingerprint density at radius 2 is 0.938 bits per heavy atom. The molecule has 9 heteroatoms. The van der Waals surface area contributed by atoms with Gasteiger partial charge in [0.25, 0.3) is 0 Å². The van der Waals surface area contributed by atoms with E-state index >= 15 is 0 Å². The van der Waals surface area contributed by atoms with Crippen LogP contribution in [0.1, 0.15) is 142 Å². The molecule has 0 saturated carbocycles. The SMILES string of the molecule is CC/C=C\C/C=C\C/C=C\CCCCCCCC(=O)OCC(COP(=O)(O)O)OC(=O)CCCCCCC/C=C\C/C=C\C/C=C\CC. The molecule has 2 N–H and O–H groups in total. The molecule has 48 heavy (non-hydrogen) atoms. The Bertz CT molecular complexity index is 1010. The molecule has 0 bridgehead atoms. The highest BCUT2D eigenvalue weighted by molar-refractivity contribution is 7.46. The highest BCUT2D eigenvalue weighted by Gasteiger charge is 2.22. The summed E-state index contributed by atoms with van der Waals surface area (Å²) in [5.41, 5.74) is 0. The molecule has 0 aliphatic carbocycles. The zero-order valence-electron chi connectivity index (χ0n) is 29.9. The number of unbranched alkanes of at least 4 members (excludes halogenated alkanes) is 10. The summed E-state index contributed by atoms with van der Waals surface area (Å²) < 4.78 is 26.3. The van der Waals surface area contributed by atoms with Crippen LogP contribution in [0.15, 0.2) is 72.9 Å². The zero-order valence-corrected chi connectivity index (χ0v) is 30.7. The lowest BCUT2D eigenvalue weighted by Crippen LogP contribution is -2.29. The molecule has 0 aromatic carbocycles. The first-order chi connectivity index (χ1) is 23.3. The normalized spacial score (nSPS) is 13.3. The average molecular weight is 693 g/mol. The van der Waals surface area contributed by atoms with Crippen molar-refractivity contribution in [3.05, 3.63) is 72.9 Å². The van der Waals surface area contributed by atoms with Crippen LogP contribution in [0.3, 0.4) is 0 Å². The van der Waals surface area contributed by atoms with E-state index < -0.39 is 32.5 Å². The van der Waals surface area contributed by atoms with Gasteiger partial charge in [0, 0.05) is 12.8 Å². The lowest BCUT2D eigenvalue weighted by molar-refractivity contribution is -0.161. The standard InChI is InChI=1S/C39H65O8P/c1-3-5-7-9-11-13-15-17-19-21-23-25-27-29-31-33-38(40)45-35-37(36-46-48(42,43)44)47-39(41)34-32-30-28-26-24-22-20-18-16-14-12-10-8-6-4-2/h5-8,11-14,17-20,37H,3-4,9-10,15-16,21-36H2,1-2H3,(H2,42,43,44)/b7-5-,8-6-,13-11-,14-12-,19-17-,20-18-. The Morgan fingerprint density at radius 1 is 0.542 bits per heavy atom. The number of esters is 2. The number of phosphoric ester groups is 1. The largest absolute Gasteiger partial charge is 0.469 e. The summed E-state index contributed by atoms with van der Waals surface area (Å²) >= 11 is 0. The molecule has 0 radical (unpaired) electrons. The van der Waals surface area contributed by atoms with Gasteiger partial charge in [-0.15, -0.1) is 0 Å². The third-order valence-electron chi connectivity index (χ3n) is 7.22. The summed E-state index contributed by atoms with van der Waals surface area (Å²) in [6.45, 7) is 3.41. The molecule has 274 valence electrons. The highest BCUT2D eigenvalue weighted by Crippen LogP contribution is 2.35. The van der Waals surface area contributed by atoms with Crippen LogP contribution in [0.5, 0.6) is 0 Å². The zero-order chi connectivity index (χ0) is 35.4. The summed E-state index contributed by atoms with van der Waals surface area (Å²) in [7, 11) is -4.76. The molecule has 0 aliphatic heterocycles. The molecule has 0 aliphatic rings. The van der Waals surface area contributed by atoms with Gasteiger partial charge in [-0.25, -0.2) is 4.57 Å². The molecule has 0 aromatic heterocycles. The Balaban J connectivity index is 4.06. The predicted octanol–water partition coefficient (Wildman–Crippen LogP) is 10.7. The van der Waals surface area contributed by atoms with Crippen LogP contribution >= 0.6 is 7.82 Å². The third-order valence-corrected chi connectivity index (χ3v) is 7.71. The van der Waals surface area contributed by atoms with Gasteiger partial charge in [-0.3, -0.25) is 14.1 Å². The van der Waals surface area contributed by atoms with E-state index in [0.29, 0.717) is 12.8 Å². The van der Waals surface area contributed by atoms with Gasteiger partial charge in [0.2, 0.25) is 0 Å². The van der Waals surface area contributed by atoms with Crippen molar-refractivity contribution in [1.29, 1.82) is 0 Å². The van der Waals surface area contributed by atoms with Gasteiger partial charge >= 0.3 is 19.8 Å². The maximum absolute atomic E-state index is 12.3. The minimum Gasteiger partial charge on any atom is -0.462 e. The fourth-order valence-corrected chi connectivity index (χ4v) is 4.94. The van der Waals surface area contributed by atoms with Gasteiger partial charge in [-0.2, -0.15) is 0 Å². The van der Waals surface area contributed by atoms with Crippen LogP contribution < -0.4 is 0 Å². The summed E-state index contributed by atoms with van der Waals surface area (Å²) in [6.07, 6.45) is 43.3. The van der Waals surface area contributed by atoms with Gasteiger partial charge in [0.05, 0.1) is 6.61 Å². The molecule has 0 heterocycles. The maximum atomic E-state index is 12.3. The molecule has 1 atom stereocenters. The van der Waals surface area contributed by atoms with Crippen molar-refractivity contribution >= 4 is 19.8 Å². The second kappa shape index (κ2) is 34.4. The predicted molar refractivity (Wildman–Crippen MR) is 197 cm³/mol. The molecule has 0 rings (SSSR count). The molecular formula is C39H65O8P. The maximum Gasteiger partial charge on any atom is 0.469 e. The van der Waals surface area contributed by atoms with Gasteiger partial charge in [-0.05, 0) is 77.0 Å². The van der Waals surface area contributed by atoms with Crippen LogP contribution in [0.4, 0.5) is 0 Å². The third kappa shape index (κ3) is 36.3. The Kier molecular flexibility index (Phi) is 32.6. The van der Waals surface area contributed by atoms with E-state index in [9.17, 15) is 14.2 Å². The molecule has 8 nitrogen and oxygen atoms in total. The Morgan fingerprint density at radius 3 is 1.40 bits per heavy atom. The minimum absolute atomic E-state index is 0.184. The van der Waals surface area contributed by atoms with Crippen LogP contribution in [0.25, 0.3) is 0 Å². The van der Waals surface area contributed by atoms with E-state index in [2.05, 4.69) is 91.3 Å². The number of hydrogen-bond acceptors (Lipinski definition) is 6. The number of carbonyl (C=O) groups excluding carboxylic acids is 2. The Hall–Kier alpha value is -2.51. The smallest absolute Gasteiger partial charge is 0.462 e. The van der Waals surface area contributed by atoms with E-state index in [4.69, 9.17) is 19.3 Å². The second-order valence-corrected chi connectivity index (χ2v) is 13.0. The van der Waals surface area contributed by atoms with Crippen molar-refractivity contribution in [3.8, 4) is 0 Å². The van der Waals surface area contributed by atoms with Crippen molar-refractivity contribution < 1.29 is 37.9 Å². The molecule has 0 aromatic rings. The van der Waals surface area contributed by atoms with Crippen molar-refractivity contribution in [2.24, 2.45) is 0 Å². The Labute approximate surface area is 291 Å². The van der Waals surface area contributed by atoms with Crippen molar-refractivity contribution in [2.45, 2.75) is 148 Å². The quantitative estimate of drug-likeness (QED) is 0.0309. The summed E-state index contributed by atoms with van der Waals surface area (Å²) in [6, 6.07) is 0. The highest BCUT2D eigenvalue weighted by atomic mass is 31.2. The van der Waals surface area contributed by atoms with Crippen LogP contribution in [0.2, 0.25) is 0 Å². The van der Waals surface area contributed by atoms with Gasteiger partial charge in [-0.1, -0.05) is 125 Å². The topological polar surface area (TPSA) is 119 Å². The molecule has 0 amide bonds. The van der Waals surface area contributed by atoms with Crippen molar-refractivity contribution in [1.82, 2.24) is 0 Å². The first-order valence-corrected chi connectivity index (χ1v) is 19.8. The average Bonchev–Trinajstić information content (AvgIpc) is 3.05. The van der Waals surface area contributed by atoms with Gasteiger partial charge < -0.3 is 19.3 Å². The molecule has 0 fully saturated rings. The van der Waals surface area contributed by atoms with E-state index in [-0.39, 0.29) is 19.4 Å². The summed E-state index contributed by atoms with van der Waals surface area (Å²) in [5.74, 6) is -0.933. The number of phosphoric acid groups is 1. The van der Waals surface area contributed by atoms with Crippen molar-refractivity contribution in [2.75, 3.05) is 13.2 Å². The number of allylic oxidation sites excluding steroid dienone is 12. The summed E-state index contributed by atoms with van der Waals surface area (Å²) in [4.78, 5) is 42.7. The summed E-state index contributed by atoms with van der Waals surface area (Å²) in [5, 5.41) is 0. The second-order valence-electron chi connectivity index (χ2n) is 11.8.